The molecule has 2 aliphatic heterocycles. The number of benzene rings is 4. The van der Waals surface area contributed by atoms with E-state index in [9.17, 15) is 38.4 Å². The predicted octanol–water partition coefficient (Wildman–Crippen LogP) is 7.02. The van der Waals surface area contributed by atoms with Crippen molar-refractivity contribution in [2.45, 2.75) is 166 Å². The van der Waals surface area contributed by atoms with Gasteiger partial charge in [-0.2, -0.15) is 0 Å². The van der Waals surface area contributed by atoms with Crippen molar-refractivity contribution >= 4 is 47.3 Å². The van der Waals surface area contributed by atoms with Gasteiger partial charge in [-0.25, -0.2) is 0 Å². The third kappa shape index (κ3) is 18.3. The van der Waals surface area contributed by atoms with E-state index in [4.69, 9.17) is 0 Å². The Kier molecular flexibility index (Phi) is 24.9. The number of carbonyl (C=O) groups is 8. The Morgan fingerprint density at radius 2 is 0.908 bits per heavy atom. The van der Waals surface area contributed by atoms with Crippen LogP contribution in [0.2, 0.25) is 0 Å². The van der Waals surface area contributed by atoms with Gasteiger partial charge in [0.15, 0.2) is 0 Å². The summed E-state index contributed by atoms with van der Waals surface area (Å²) < 4.78 is 0. The van der Waals surface area contributed by atoms with Crippen LogP contribution in [-0.4, -0.2) is 163 Å². The molecular formula is C69H94N10O8. The Morgan fingerprint density at radius 1 is 0.483 bits per heavy atom. The highest BCUT2D eigenvalue weighted by molar-refractivity contribution is 5.98. The van der Waals surface area contributed by atoms with Gasteiger partial charge in [0, 0.05) is 49.9 Å². The largest absolute Gasteiger partial charge is 0.343 e. The molecule has 4 aromatic rings. The molecule has 87 heavy (non-hydrogen) atoms. The first-order valence-corrected chi connectivity index (χ1v) is 32.2. The third-order valence-electron chi connectivity index (χ3n) is 18.6. The van der Waals surface area contributed by atoms with E-state index in [1.54, 1.807) is 62.0 Å². The van der Waals surface area contributed by atoms with Gasteiger partial charge in [0.05, 0.1) is 25.2 Å². The van der Waals surface area contributed by atoms with Crippen molar-refractivity contribution in [3.8, 4) is 11.1 Å². The van der Waals surface area contributed by atoms with E-state index in [1.807, 2.05) is 94.7 Å². The van der Waals surface area contributed by atoms with E-state index >= 15 is 0 Å². The minimum absolute atomic E-state index is 0.00262. The number of piperidine rings is 2. The minimum atomic E-state index is -0.706. The second-order valence-electron chi connectivity index (χ2n) is 24.4. The van der Waals surface area contributed by atoms with Crippen molar-refractivity contribution in [2.75, 3.05) is 59.9 Å². The zero-order valence-electron chi connectivity index (χ0n) is 51.7. The maximum absolute atomic E-state index is 14.8. The smallest absolute Gasteiger partial charge is 0.251 e. The number of rotatable bonds is 26. The average Bonchev–Trinajstić information content (AvgIpc) is 3.23. The molecule has 18 heteroatoms. The molecule has 0 radical (unpaired) electrons. The molecule has 0 aromatic heterocycles. The highest BCUT2D eigenvalue weighted by atomic mass is 16.2. The molecule has 2 heterocycles. The van der Waals surface area contributed by atoms with Crippen molar-refractivity contribution in [1.29, 1.82) is 0 Å². The van der Waals surface area contributed by atoms with Crippen LogP contribution in [-0.2, 0) is 41.6 Å². The number of hydrogen-bond acceptors (Lipinski definition) is 10. The molecule has 2 saturated heterocycles. The number of likely N-dealkylation sites (tertiary alicyclic amines) is 2. The summed E-state index contributed by atoms with van der Waals surface area (Å²) in [5, 5.41) is 17.9. The van der Waals surface area contributed by atoms with Crippen molar-refractivity contribution in [3.05, 3.63) is 131 Å². The third-order valence-corrected chi connectivity index (χ3v) is 18.6. The zero-order chi connectivity index (χ0) is 61.7. The predicted molar refractivity (Wildman–Crippen MR) is 338 cm³/mol. The summed E-state index contributed by atoms with van der Waals surface area (Å²) in [6, 6.07) is 31.3. The van der Waals surface area contributed by atoms with E-state index in [0.29, 0.717) is 63.1 Å². The van der Waals surface area contributed by atoms with E-state index in [-0.39, 0.29) is 66.4 Å². The summed E-state index contributed by atoms with van der Waals surface area (Å²) in [5.41, 5.74) is 4.43. The van der Waals surface area contributed by atoms with Crippen LogP contribution in [0.5, 0.6) is 0 Å². The average molecular weight is 1190 g/mol. The lowest BCUT2D eigenvalue weighted by atomic mass is 9.82. The van der Waals surface area contributed by atoms with Crippen molar-refractivity contribution < 1.29 is 38.4 Å². The van der Waals surface area contributed by atoms with Gasteiger partial charge in [0.2, 0.25) is 35.4 Å². The number of carbonyl (C=O) groups excluding carboxylic acids is 8. The molecule has 8 amide bonds. The maximum Gasteiger partial charge on any atom is 0.251 e. The fourth-order valence-electron chi connectivity index (χ4n) is 13.0. The van der Waals surface area contributed by atoms with Crippen molar-refractivity contribution in [1.82, 2.24) is 51.5 Å². The lowest BCUT2D eigenvalue weighted by Crippen LogP contribution is -2.62. The van der Waals surface area contributed by atoms with Crippen LogP contribution < -0.4 is 31.9 Å². The minimum Gasteiger partial charge on any atom is -0.343 e. The molecular weight excluding hydrogens is 1100 g/mol. The summed E-state index contributed by atoms with van der Waals surface area (Å²) in [6.07, 6.45) is 14.9. The summed E-state index contributed by atoms with van der Waals surface area (Å²) in [5.74, 6) is -2.05. The lowest BCUT2D eigenvalue weighted by molar-refractivity contribution is -0.152. The number of nitrogens with zero attached hydrogens (tertiary/aromatic N) is 4. The molecule has 4 fully saturated rings. The van der Waals surface area contributed by atoms with Gasteiger partial charge in [0.25, 0.3) is 11.8 Å². The first-order valence-electron chi connectivity index (χ1n) is 32.2. The van der Waals surface area contributed by atoms with E-state index in [2.05, 4.69) is 31.9 Å². The molecule has 2 saturated carbocycles. The Bertz CT molecular complexity index is 2900. The molecule has 6 atom stereocenters. The molecule has 8 rings (SSSR count). The first-order chi connectivity index (χ1) is 42.2. The normalized spacial score (nSPS) is 18.9. The molecule has 0 spiro atoms. The summed E-state index contributed by atoms with van der Waals surface area (Å²) in [6.45, 7) is 5.07. The molecule has 18 nitrogen and oxygen atoms in total. The molecule has 4 aliphatic rings. The quantitative estimate of drug-likeness (QED) is 0.0377. The second kappa shape index (κ2) is 33.1. The van der Waals surface area contributed by atoms with Crippen LogP contribution in [0.3, 0.4) is 0 Å². The van der Waals surface area contributed by atoms with E-state index in [1.165, 1.54) is 0 Å². The summed E-state index contributed by atoms with van der Waals surface area (Å²) in [7, 11) is 3.45. The number of hydrogen-bond donors (Lipinski definition) is 6. The Labute approximate surface area is 515 Å². The number of nitrogens with one attached hydrogen (secondary N) is 6. The zero-order valence-corrected chi connectivity index (χ0v) is 51.7. The van der Waals surface area contributed by atoms with Crippen LogP contribution >= 0.6 is 0 Å². The van der Waals surface area contributed by atoms with Gasteiger partial charge in [-0.1, -0.05) is 123 Å². The summed E-state index contributed by atoms with van der Waals surface area (Å²) in [4.78, 5) is 119. The van der Waals surface area contributed by atoms with Gasteiger partial charge in [-0.05, 0) is 163 Å². The SMILES string of the molecule is CN[C@@H](C)C(=O)N[C@H](C(=O)N1CCCCC1N(CCc1ccccc1)C(=O)CNC(=O)c1ccc(-c2ccc(C(=O)NCC(=O)N(CCc3ccccc3)C[C@@H]3CCCCN3C(=O)[C@@H](NC(=O)[C@H](C)NC)C3CCCCC3)cc2)cc1)C1CCCCC1. The Morgan fingerprint density at radius 3 is 1.39 bits per heavy atom. The first kappa shape index (κ1) is 65.5. The van der Waals surface area contributed by atoms with E-state index < -0.39 is 42.1 Å². The van der Waals surface area contributed by atoms with E-state index in [0.717, 1.165) is 119 Å². The molecule has 1 unspecified atom stereocenters. The highest BCUT2D eigenvalue weighted by Gasteiger charge is 2.42. The van der Waals surface area contributed by atoms with Gasteiger partial charge in [-0.15, -0.1) is 0 Å². The van der Waals surface area contributed by atoms with Crippen LogP contribution in [0.15, 0.2) is 109 Å². The van der Waals surface area contributed by atoms with Crippen molar-refractivity contribution in [2.24, 2.45) is 11.8 Å². The van der Waals surface area contributed by atoms with Gasteiger partial charge in [-0.3, -0.25) is 38.4 Å². The second-order valence-corrected chi connectivity index (χ2v) is 24.4. The Balaban J connectivity index is 0.888. The van der Waals surface area contributed by atoms with Crippen molar-refractivity contribution in [3.63, 3.8) is 0 Å². The van der Waals surface area contributed by atoms with Gasteiger partial charge < -0.3 is 51.5 Å². The van der Waals surface area contributed by atoms with Crippen LogP contribution in [0.1, 0.15) is 148 Å². The maximum atomic E-state index is 14.8. The molecule has 4 aromatic carbocycles. The summed E-state index contributed by atoms with van der Waals surface area (Å²) >= 11 is 0. The topological polar surface area (TPSA) is 222 Å². The molecule has 0 bridgehead atoms. The van der Waals surface area contributed by atoms with Gasteiger partial charge >= 0.3 is 0 Å². The fourth-order valence-corrected chi connectivity index (χ4v) is 13.0. The lowest BCUT2D eigenvalue weighted by Gasteiger charge is -2.45. The fraction of sp³-hybridized carbons (Fsp3) is 0.536. The van der Waals surface area contributed by atoms with Crippen LogP contribution in [0.25, 0.3) is 11.1 Å². The Hall–Kier alpha value is -7.44. The monoisotopic (exact) mass is 1190 g/mol. The standard InChI is InChI=1S/C69H94N10O8/c1-48(70-3)64(82)74-62(54-25-13-7-14-26-54)68(86)77-41-19-17-29-58(77)47-76(43-39-50-21-9-5-10-22-50)60(80)45-72-66(84)56-35-31-52(32-36-56)53-33-37-57(38-34-53)67(85)73-46-61(81)78(44-40-51-23-11-6-12-24-51)59-30-18-20-42-79(59)69(87)63(55-27-15-8-16-28-55)75-65(83)49(2)71-4/h5-6,9-12,21-24,31-38,48-49,54-55,58-59,62-63,70-71H,7-8,13-20,25-30,39-47H2,1-4H3,(H,72,84)(H,73,85)(H,74,82)(H,75,83)/t48-,49-,58-,59?,62-,63-/m0/s1. The van der Waals surface area contributed by atoms with Gasteiger partial charge in [0.1, 0.15) is 18.2 Å². The highest BCUT2D eigenvalue weighted by Crippen LogP contribution is 2.32. The van der Waals surface area contributed by atoms with Crippen LogP contribution in [0.4, 0.5) is 0 Å². The van der Waals surface area contributed by atoms with Crippen LogP contribution in [0, 0.1) is 11.8 Å². The molecule has 468 valence electrons. The number of likely N-dealkylation sites (N-methyl/N-ethyl adjacent to an activating group) is 2. The molecule has 2 aliphatic carbocycles. The molecule has 6 N–H and O–H groups in total. The number of amides is 8.